The summed E-state index contributed by atoms with van der Waals surface area (Å²) in [5.41, 5.74) is 1.02. The van der Waals surface area contributed by atoms with Gasteiger partial charge >= 0.3 is 6.09 Å². The third-order valence-electron chi connectivity index (χ3n) is 4.91. The number of benzene rings is 2. The van der Waals surface area contributed by atoms with Crippen LogP contribution >= 0.6 is 11.6 Å². The van der Waals surface area contributed by atoms with E-state index >= 15 is 0 Å². The molecule has 1 heterocycles. The first-order chi connectivity index (χ1) is 15.7. The van der Waals surface area contributed by atoms with Crippen LogP contribution in [0.1, 0.15) is 28.8 Å². The van der Waals surface area contributed by atoms with Gasteiger partial charge in [-0.1, -0.05) is 17.7 Å². The molecule has 4 N–H and O–H groups in total. The van der Waals surface area contributed by atoms with E-state index in [4.69, 9.17) is 21.4 Å². The van der Waals surface area contributed by atoms with E-state index in [1.54, 1.807) is 18.2 Å². The van der Waals surface area contributed by atoms with Crippen molar-refractivity contribution in [1.29, 1.82) is 0 Å². The van der Waals surface area contributed by atoms with Crippen LogP contribution in [0.2, 0.25) is 5.02 Å². The molecule has 1 atom stereocenters. The number of halogens is 2. The number of anilines is 1. The molecule has 1 saturated heterocycles. The van der Waals surface area contributed by atoms with Gasteiger partial charge in [-0.05, 0) is 48.4 Å². The van der Waals surface area contributed by atoms with Crippen LogP contribution < -0.4 is 15.5 Å². The zero-order valence-corrected chi connectivity index (χ0v) is 18.3. The maximum absolute atomic E-state index is 13.4. The number of carbonyl (C=O) groups is 3. The molecular formula is C22H23ClFN3O6. The summed E-state index contributed by atoms with van der Waals surface area (Å²) in [7, 11) is 0. The highest BCUT2D eigenvalue weighted by Gasteiger charge is 2.49. The van der Waals surface area contributed by atoms with Crippen molar-refractivity contribution in [3.8, 4) is 0 Å². The Morgan fingerprint density at radius 1 is 1.21 bits per heavy atom. The van der Waals surface area contributed by atoms with Gasteiger partial charge in [0.25, 0.3) is 17.6 Å². The molecule has 0 unspecified atom stereocenters. The minimum atomic E-state index is -2.39. The molecule has 11 heteroatoms. The molecule has 1 aliphatic heterocycles. The van der Waals surface area contributed by atoms with Gasteiger partial charge in [0.05, 0.1) is 0 Å². The molecule has 2 aromatic carbocycles. The lowest BCUT2D eigenvalue weighted by molar-refractivity contribution is -0.175. The average Bonchev–Trinajstić information content (AvgIpc) is 3.06. The van der Waals surface area contributed by atoms with Gasteiger partial charge in [-0.3, -0.25) is 9.59 Å². The van der Waals surface area contributed by atoms with Crippen LogP contribution in [0.15, 0.2) is 42.5 Å². The summed E-state index contributed by atoms with van der Waals surface area (Å²) in [6, 6.07) is 9.95. The topological polar surface area (TPSA) is 128 Å². The van der Waals surface area contributed by atoms with E-state index in [0.29, 0.717) is 29.8 Å². The third kappa shape index (κ3) is 6.19. The molecule has 33 heavy (non-hydrogen) atoms. The Morgan fingerprint density at radius 2 is 2.00 bits per heavy atom. The largest absolute Gasteiger partial charge is 0.410 e. The second kappa shape index (κ2) is 10.6. The van der Waals surface area contributed by atoms with Gasteiger partial charge < -0.3 is 30.5 Å². The van der Waals surface area contributed by atoms with Crippen molar-refractivity contribution in [2.75, 3.05) is 24.6 Å². The van der Waals surface area contributed by atoms with Crippen molar-refractivity contribution in [1.82, 2.24) is 10.6 Å². The fourth-order valence-electron chi connectivity index (χ4n) is 3.30. The summed E-state index contributed by atoms with van der Waals surface area (Å²) in [4.78, 5) is 38.4. The average molecular weight is 480 g/mol. The maximum atomic E-state index is 13.4. The molecular weight excluding hydrogens is 457 g/mol. The van der Waals surface area contributed by atoms with E-state index in [1.807, 2.05) is 0 Å². The van der Waals surface area contributed by atoms with Gasteiger partial charge in [-0.2, -0.15) is 0 Å². The number of hydrogen-bond acceptors (Lipinski definition) is 6. The normalized spacial score (nSPS) is 17.7. The Morgan fingerprint density at radius 3 is 2.73 bits per heavy atom. The van der Waals surface area contributed by atoms with Crippen molar-refractivity contribution in [2.45, 2.75) is 25.2 Å². The van der Waals surface area contributed by atoms with Crippen LogP contribution in [-0.4, -0.2) is 53.6 Å². The monoisotopic (exact) mass is 479 g/mol. The lowest BCUT2D eigenvalue weighted by Crippen LogP contribution is -2.46. The van der Waals surface area contributed by atoms with Crippen LogP contribution in [0.4, 0.5) is 14.9 Å². The molecule has 1 aliphatic rings. The number of ether oxygens (including phenoxy) is 1. The number of carbonyl (C=O) groups excluding carboxylic acids is 3. The van der Waals surface area contributed by atoms with E-state index in [0.717, 1.165) is 6.07 Å². The summed E-state index contributed by atoms with van der Waals surface area (Å²) >= 11 is 5.77. The van der Waals surface area contributed by atoms with Crippen molar-refractivity contribution in [2.24, 2.45) is 0 Å². The van der Waals surface area contributed by atoms with Crippen LogP contribution in [0, 0.1) is 5.82 Å². The lowest BCUT2D eigenvalue weighted by Gasteiger charge is -2.22. The van der Waals surface area contributed by atoms with E-state index < -0.39 is 23.6 Å². The van der Waals surface area contributed by atoms with Gasteiger partial charge in [-0.15, -0.1) is 0 Å². The minimum Gasteiger partial charge on any atom is -0.407 e. The van der Waals surface area contributed by atoms with E-state index in [2.05, 4.69) is 10.6 Å². The number of aliphatic hydroxyl groups excluding tert-OH is 1. The van der Waals surface area contributed by atoms with Crippen LogP contribution in [0.5, 0.6) is 0 Å². The molecule has 0 spiro atoms. The summed E-state index contributed by atoms with van der Waals surface area (Å²) < 4.78 is 18.4. The Labute approximate surface area is 194 Å². The Kier molecular flexibility index (Phi) is 7.85. The highest BCUT2D eigenvalue weighted by molar-refractivity contribution is 6.30. The maximum Gasteiger partial charge on any atom is 0.410 e. The van der Waals surface area contributed by atoms with E-state index in [9.17, 15) is 23.9 Å². The fourth-order valence-corrected chi connectivity index (χ4v) is 3.54. The molecule has 0 bridgehead atoms. The Bertz CT molecular complexity index is 1030. The smallest absolute Gasteiger partial charge is 0.407 e. The molecule has 0 radical (unpaired) electrons. The molecule has 3 amide bonds. The van der Waals surface area contributed by atoms with Crippen LogP contribution in [0.3, 0.4) is 0 Å². The Hall–Kier alpha value is -3.21. The number of nitrogens with zero attached hydrogens (tertiary/aromatic N) is 1. The third-order valence-corrected chi connectivity index (χ3v) is 5.13. The van der Waals surface area contributed by atoms with Crippen molar-refractivity contribution >= 4 is 35.2 Å². The first-order valence-corrected chi connectivity index (χ1v) is 10.5. The zero-order valence-electron chi connectivity index (χ0n) is 17.5. The second-order valence-electron chi connectivity index (χ2n) is 7.40. The number of nitrogens with one attached hydrogen (secondary N) is 2. The highest BCUT2D eigenvalue weighted by atomic mass is 35.5. The quantitative estimate of drug-likeness (QED) is 0.338. The highest BCUT2D eigenvalue weighted by Crippen LogP contribution is 2.30. The first-order valence-electron chi connectivity index (χ1n) is 10.2. The molecule has 176 valence electrons. The molecule has 3 rings (SSSR count). The fraction of sp³-hybridized carbons (Fsp3) is 0.318. The van der Waals surface area contributed by atoms with Crippen molar-refractivity contribution in [3.63, 3.8) is 0 Å². The van der Waals surface area contributed by atoms with Crippen LogP contribution in [0.25, 0.3) is 0 Å². The van der Waals surface area contributed by atoms with Gasteiger partial charge in [0, 0.05) is 48.9 Å². The van der Waals surface area contributed by atoms with Crippen LogP contribution in [-0.2, 0) is 16.1 Å². The van der Waals surface area contributed by atoms with E-state index in [1.165, 1.54) is 23.1 Å². The molecule has 2 aromatic rings. The molecule has 0 saturated carbocycles. The lowest BCUT2D eigenvalue weighted by atomic mass is 10.1. The summed E-state index contributed by atoms with van der Waals surface area (Å²) in [6.45, 7) is 0.174. The number of amides is 3. The number of aliphatic hydroxyl groups is 2. The van der Waals surface area contributed by atoms with Crippen molar-refractivity contribution in [3.05, 3.63) is 64.4 Å². The predicted octanol–water partition coefficient (Wildman–Crippen LogP) is 1.94. The Balaban J connectivity index is 1.61. The van der Waals surface area contributed by atoms with E-state index in [-0.39, 0.29) is 37.0 Å². The first kappa shape index (κ1) is 24.4. The summed E-state index contributed by atoms with van der Waals surface area (Å²) in [5, 5.41) is 24.6. The number of alkyl carbamates (subject to hydrolysis) is 1. The number of rotatable bonds is 8. The summed E-state index contributed by atoms with van der Waals surface area (Å²) in [6.07, 6.45) is -0.836. The molecule has 0 aliphatic carbocycles. The SMILES string of the molecule is O=C(NCc1cc(F)cc(Cl)c1)O[C@]1(O)CCN(c2cccc(C(=O)NCCCO)c2)C1=O. The molecule has 1 fully saturated rings. The van der Waals surface area contributed by atoms with Crippen molar-refractivity contribution < 1.29 is 33.7 Å². The van der Waals surface area contributed by atoms with Gasteiger partial charge in [0.15, 0.2) is 0 Å². The van der Waals surface area contributed by atoms with Gasteiger partial charge in [0.1, 0.15) is 5.82 Å². The van der Waals surface area contributed by atoms with Gasteiger partial charge in [-0.25, -0.2) is 9.18 Å². The molecule has 0 aromatic heterocycles. The molecule has 9 nitrogen and oxygen atoms in total. The second-order valence-corrected chi connectivity index (χ2v) is 7.83. The number of hydrogen-bond donors (Lipinski definition) is 4. The summed E-state index contributed by atoms with van der Waals surface area (Å²) in [5.74, 6) is -4.19. The minimum absolute atomic E-state index is 0.0509. The zero-order chi connectivity index (χ0) is 24.0. The van der Waals surface area contributed by atoms with Gasteiger partial charge in [0.2, 0.25) is 0 Å². The predicted molar refractivity (Wildman–Crippen MR) is 117 cm³/mol. The standard InChI is InChI=1S/C22H23ClFN3O6/c23-16-9-14(10-17(24)12-16)13-26-21(31)33-22(32)5-7-27(20(22)30)18-4-1-3-15(11-18)19(29)25-6-2-8-28/h1,3-4,9-12,28,32H,2,5-8,13H2,(H,25,29)(H,26,31)/t22-/m1/s1.